The Bertz CT molecular complexity index is 199. The molecule has 1 unspecified atom stereocenters. The molecule has 0 radical (unpaired) electrons. The third-order valence-corrected chi connectivity index (χ3v) is 1.65. The van der Waals surface area contributed by atoms with E-state index >= 15 is 0 Å². The van der Waals surface area contributed by atoms with Crippen molar-refractivity contribution >= 4 is 5.91 Å². The SMILES string of the molecule is C=CCNC(=O)C1CCC=CO1. The van der Waals surface area contributed by atoms with Crippen molar-refractivity contribution in [2.75, 3.05) is 6.54 Å². The quantitative estimate of drug-likeness (QED) is 0.636. The van der Waals surface area contributed by atoms with E-state index in [1.165, 1.54) is 0 Å². The van der Waals surface area contributed by atoms with E-state index in [2.05, 4.69) is 11.9 Å². The molecule has 0 aliphatic carbocycles. The highest BCUT2D eigenvalue weighted by Crippen LogP contribution is 2.09. The fraction of sp³-hybridized carbons (Fsp3) is 0.444. The standard InChI is InChI=1S/C9H13NO2/c1-2-6-10-9(11)8-5-3-4-7-12-8/h2,4,7-8H,1,3,5-6H2,(H,10,11). The van der Waals surface area contributed by atoms with E-state index in [-0.39, 0.29) is 12.0 Å². The molecule has 0 fully saturated rings. The van der Waals surface area contributed by atoms with Gasteiger partial charge in [0, 0.05) is 6.54 Å². The number of amides is 1. The molecule has 1 amide bonds. The fourth-order valence-corrected chi connectivity index (χ4v) is 1.01. The number of carbonyl (C=O) groups excluding carboxylic acids is 1. The zero-order chi connectivity index (χ0) is 8.81. The van der Waals surface area contributed by atoms with Crippen molar-refractivity contribution in [1.29, 1.82) is 0 Å². The van der Waals surface area contributed by atoms with Crippen LogP contribution in [0.2, 0.25) is 0 Å². The van der Waals surface area contributed by atoms with Gasteiger partial charge in [-0.3, -0.25) is 4.79 Å². The lowest BCUT2D eigenvalue weighted by Gasteiger charge is -2.17. The Kier molecular flexibility index (Phi) is 3.38. The molecular formula is C9H13NO2. The van der Waals surface area contributed by atoms with Gasteiger partial charge < -0.3 is 10.1 Å². The molecule has 66 valence electrons. The Hall–Kier alpha value is -1.25. The maximum Gasteiger partial charge on any atom is 0.261 e. The first kappa shape index (κ1) is 8.84. The zero-order valence-electron chi connectivity index (χ0n) is 6.95. The second-order valence-electron chi connectivity index (χ2n) is 2.61. The summed E-state index contributed by atoms with van der Waals surface area (Å²) in [5.41, 5.74) is 0. The second kappa shape index (κ2) is 4.59. The summed E-state index contributed by atoms with van der Waals surface area (Å²) in [6.07, 6.45) is 6.51. The van der Waals surface area contributed by atoms with Crippen molar-refractivity contribution in [2.24, 2.45) is 0 Å². The maximum atomic E-state index is 11.2. The largest absolute Gasteiger partial charge is 0.489 e. The molecule has 0 aromatic heterocycles. The molecule has 1 aliphatic rings. The fourth-order valence-electron chi connectivity index (χ4n) is 1.01. The molecule has 1 rings (SSSR count). The number of hydrogen-bond donors (Lipinski definition) is 1. The van der Waals surface area contributed by atoms with Gasteiger partial charge in [0.1, 0.15) is 0 Å². The smallest absolute Gasteiger partial charge is 0.261 e. The highest BCUT2D eigenvalue weighted by molar-refractivity contribution is 5.81. The number of carbonyl (C=O) groups is 1. The average Bonchev–Trinajstić information content (AvgIpc) is 2.15. The first-order chi connectivity index (χ1) is 5.84. The van der Waals surface area contributed by atoms with Gasteiger partial charge in [-0.15, -0.1) is 6.58 Å². The maximum absolute atomic E-state index is 11.2. The minimum Gasteiger partial charge on any atom is -0.489 e. The summed E-state index contributed by atoms with van der Waals surface area (Å²) in [7, 11) is 0. The highest BCUT2D eigenvalue weighted by Gasteiger charge is 2.18. The van der Waals surface area contributed by atoms with Crippen LogP contribution in [0.15, 0.2) is 25.0 Å². The van der Waals surface area contributed by atoms with Gasteiger partial charge in [-0.05, 0) is 18.9 Å². The molecule has 3 nitrogen and oxygen atoms in total. The van der Waals surface area contributed by atoms with Crippen molar-refractivity contribution in [3.8, 4) is 0 Å². The van der Waals surface area contributed by atoms with Gasteiger partial charge in [-0.1, -0.05) is 6.08 Å². The first-order valence-electron chi connectivity index (χ1n) is 4.03. The molecule has 0 saturated carbocycles. The van der Waals surface area contributed by atoms with Gasteiger partial charge >= 0.3 is 0 Å². The van der Waals surface area contributed by atoms with Gasteiger partial charge in [0.15, 0.2) is 6.10 Å². The summed E-state index contributed by atoms with van der Waals surface area (Å²) in [4.78, 5) is 11.2. The number of hydrogen-bond acceptors (Lipinski definition) is 2. The Morgan fingerprint density at radius 3 is 3.25 bits per heavy atom. The molecule has 1 heterocycles. The summed E-state index contributed by atoms with van der Waals surface area (Å²) < 4.78 is 5.11. The van der Waals surface area contributed by atoms with Crippen LogP contribution in [-0.2, 0) is 9.53 Å². The van der Waals surface area contributed by atoms with Gasteiger partial charge in [0.2, 0.25) is 0 Å². The lowest BCUT2D eigenvalue weighted by atomic mass is 10.1. The van der Waals surface area contributed by atoms with E-state index in [9.17, 15) is 4.79 Å². The highest BCUT2D eigenvalue weighted by atomic mass is 16.5. The molecule has 0 bridgehead atoms. The van der Waals surface area contributed by atoms with Crippen LogP contribution in [0.25, 0.3) is 0 Å². The Morgan fingerprint density at radius 1 is 1.83 bits per heavy atom. The lowest BCUT2D eigenvalue weighted by molar-refractivity contribution is -0.130. The van der Waals surface area contributed by atoms with E-state index < -0.39 is 0 Å². The van der Waals surface area contributed by atoms with Crippen LogP contribution in [-0.4, -0.2) is 18.6 Å². The van der Waals surface area contributed by atoms with E-state index in [1.54, 1.807) is 12.3 Å². The van der Waals surface area contributed by atoms with Crippen molar-refractivity contribution in [1.82, 2.24) is 5.32 Å². The average molecular weight is 167 g/mol. The molecule has 3 heteroatoms. The van der Waals surface area contributed by atoms with E-state index in [0.717, 1.165) is 12.8 Å². The predicted molar refractivity (Wildman–Crippen MR) is 46.5 cm³/mol. The second-order valence-corrected chi connectivity index (χ2v) is 2.61. The van der Waals surface area contributed by atoms with Crippen molar-refractivity contribution in [2.45, 2.75) is 18.9 Å². The Balaban J connectivity index is 2.31. The Morgan fingerprint density at radius 2 is 2.67 bits per heavy atom. The number of rotatable bonds is 3. The molecule has 12 heavy (non-hydrogen) atoms. The van der Waals surface area contributed by atoms with Gasteiger partial charge in [-0.25, -0.2) is 0 Å². The van der Waals surface area contributed by atoms with Crippen LogP contribution in [0.3, 0.4) is 0 Å². The summed E-state index contributed by atoms with van der Waals surface area (Å²) in [5.74, 6) is -0.0562. The molecule has 0 aromatic rings. The van der Waals surface area contributed by atoms with Gasteiger partial charge in [-0.2, -0.15) is 0 Å². The van der Waals surface area contributed by atoms with Crippen LogP contribution < -0.4 is 5.32 Å². The third kappa shape index (κ3) is 2.42. The van der Waals surface area contributed by atoms with Crippen LogP contribution in [0, 0.1) is 0 Å². The molecule has 0 aromatic carbocycles. The molecule has 0 spiro atoms. The minimum atomic E-state index is -0.310. The van der Waals surface area contributed by atoms with Gasteiger partial charge in [0.25, 0.3) is 5.91 Å². The summed E-state index contributed by atoms with van der Waals surface area (Å²) in [6.45, 7) is 4.01. The Labute approximate surface area is 72.1 Å². The van der Waals surface area contributed by atoms with E-state index in [1.807, 2.05) is 6.08 Å². The number of ether oxygens (including phenoxy) is 1. The van der Waals surface area contributed by atoms with Crippen molar-refractivity contribution in [3.63, 3.8) is 0 Å². The summed E-state index contributed by atoms with van der Waals surface area (Å²) in [5, 5.41) is 2.69. The lowest BCUT2D eigenvalue weighted by Crippen LogP contribution is -2.36. The number of nitrogens with one attached hydrogen (secondary N) is 1. The predicted octanol–water partition coefficient (Wildman–Crippen LogP) is 0.981. The zero-order valence-corrected chi connectivity index (χ0v) is 6.95. The first-order valence-corrected chi connectivity index (χ1v) is 4.03. The normalized spacial score (nSPS) is 21.2. The molecular weight excluding hydrogens is 154 g/mol. The molecule has 0 saturated heterocycles. The van der Waals surface area contributed by atoms with Gasteiger partial charge in [0.05, 0.1) is 6.26 Å². The molecule has 1 aliphatic heterocycles. The van der Waals surface area contributed by atoms with Crippen LogP contribution in [0.5, 0.6) is 0 Å². The van der Waals surface area contributed by atoms with Crippen molar-refractivity contribution in [3.05, 3.63) is 25.0 Å². The summed E-state index contributed by atoms with van der Waals surface area (Å²) >= 11 is 0. The van der Waals surface area contributed by atoms with E-state index in [0.29, 0.717) is 6.54 Å². The topological polar surface area (TPSA) is 38.3 Å². The van der Waals surface area contributed by atoms with Crippen LogP contribution >= 0.6 is 0 Å². The number of allylic oxidation sites excluding steroid dienone is 1. The minimum absolute atomic E-state index is 0.0562. The summed E-state index contributed by atoms with van der Waals surface area (Å²) in [6, 6.07) is 0. The molecule has 1 N–H and O–H groups in total. The van der Waals surface area contributed by atoms with Crippen molar-refractivity contribution < 1.29 is 9.53 Å². The molecule has 1 atom stereocenters. The van der Waals surface area contributed by atoms with E-state index in [4.69, 9.17) is 4.74 Å². The van der Waals surface area contributed by atoms with Crippen LogP contribution in [0.1, 0.15) is 12.8 Å². The third-order valence-electron chi connectivity index (χ3n) is 1.65. The monoisotopic (exact) mass is 167 g/mol. The van der Waals surface area contributed by atoms with Crippen LogP contribution in [0.4, 0.5) is 0 Å².